The quantitative estimate of drug-likeness (QED) is 0.176. The van der Waals surface area contributed by atoms with E-state index in [2.05, 4.69) is 5.32 Å². The summed E-state index contributed by atoms with van der Waals surface area (Å²) in [5, 5.41) is 20.6. The molecule has 7 heteroatoms. The Hall–Kier alpha value is -2.74. The van der Waals surface area contributed by atoms with E-state index in [0.717, 1.165) is 28.5 Å². The van der Waals surface area contributed by atoms with Gasteiger partial charge in [-0.05, 0) is 44.2 Å². The van der Waals surface area contributed by atoms with Crippen LogP contribution in [0.5, 0.6) is 0 Å². The van der Waals surface area contributed by atoms with Gasteiger partial charge >= 0.3 is 0 Å². The predicted octanol–water partition coefficient (Wildman–Crippen LogP) is 5.31. The van der Waals surface area contributed by atoms with Gasteiger partial charge in [0.2, 0.25) is 5.91 Å². The first kappa shape index (κ1) is 29.3. The van der Waals surface area contributed by atoms with Crippen molar-refractivity contribution in [3.05, 3.63) is 71.2 Å². The number of aryl methyl sites for hydroxylation is 1. The standard InChI is InChI=1S/C13H21NO2.C10H9NO2S.C2H6/c1-2-3-4-5-6-7-8-9-10-13(16)14-11-12-15;1-6-2-3-8-7(4-6)5-9(14-8)10(12)11-13;1-2/h2-7,15H,8-12H2,1H3,(H,14,16);2-5,13H,1H3,(H,11,12);1-2H3/b3-2-,5-4-,7-6+;;. The summed E-state index contributed by atoms with van der Waals surface area (Å²) in [5.74, 6) is -0.448. The van der Waals surface area contributed by atoms with E-state index in [1.165, 1.54) is 11.3 Å². The van der Waals surface area contributed by atoms with E-state index in [9.17, 15) is 9.59 Å². The summed E-state index contributed by atoms with van der Waals surface area (Å²) in [6, 6.07) is 7.77. The second-order valence-electron chi connectivity index (χ2n) is 6.40. The Bertz CT molecular complexity index is 885. The third-order valence-corrected chi connectivity index (χ3v) is 4.98. The molecule has 0 aliphatic heterocycles. The highest BCUT2D eigenvalue weighted by Gasteiger charge is 2.08. The van der Waals surface area contributed by atoms with Crippen LogP contribution in [0.3, 0.4) is 0 Å². The molecule has 1 aromatic carbocycles. The number of aliphatic hydroxyl groups excluding tert-OH is 1. The summed E-state index contributed by atoms with van der Waals surface area (Å²) in [4.78, 5) is 22.7. The van der Waals surface area contributed by atoms with E-state index < -0.39 is 5.91 Å². The molecule has 2 amide bonds. The normalized spacial score (nSPS) is 10.7. The van der Waals surface area contributed by atoms with Gasteiger partial charge in [-0.2, -0.15) is 0 Å². The minimum atomic E-state index is -0.455. The summed E-state index contributed by atoms with van der Waals surface area (Å²) in [6.45, 7) is 8.32. The van der Waals surface area contributed by atoms with E-state index in [1.54, 1.807) is 11.5 Å². The van der Waals surface area contributed by atoms with E-state index >= 15 is 0 Å². The first-order valence-electron chi connectivity index (χ1n) is 10.8. The molecule has 6 nitrogen and oxygen atoms in total. The van der Waals surface area contributed by atoms with Crippen molar-refractivity contribution in [2.24, 2.45) is 0 Å². The molecule has 0 atom stereocenters. The molecule has 32 heavy (non-hydrogen) atoms. The summed E-state index contributed by atoms with van der Waals surface area (Å²) in [5.41, 5.74) is 2.79. The topological polar surface area (TPSA) is 98.7 Å². The number of allylic oxidation sites excluding steroid dienone is 6. The maximum atomic E-state index is 11.1. The zero-order valence-corrected chi connectivity index (χ0v) is 20.2. The average molecular weight is 461 g/mol. The summed E-state index contributed by atoms with van der Waals surface area (Å²) in [6.07, 6.45) is 14.1. The van der Waals surface area contributed by atoms with Crippen molar-refractivity contribution in [1.29, 1.82) is 0 Å². The molecule has 0 spiro atoms. The molecule has 176 valence electrons. The molecule has 0 radical (unpaired) electrons. The zero-order chi connectivity index (χ0) is 24.2. The van der Waals surface area contributed by atoms with Crippen LogP contribution in [0.25, 0.3) is 10.1 Å². The lowest BCUT2D eigenvalue weighted by Gasteiger charge is -2.00. The second-order valence-corrected chi connectivity index (χ2v) is 7.48. The SMILES string of the molecule is CC.C\C=C/C=C\C=C\CCCC(=O)NCCO.Cc1ccc2sc(C(=O)NO)cc2c1. The van der Waals surface area contributed by atoms with Crippen molar-refractivity contribution < 1.29 is 19.9 Å². The highest BCUT2D eigenvalue weighted by Crippen LogP contribution is 2.26. The van der Waals surface area contributed by atoms with Gasteiger partial charge in [-0.1, -0.05) is 68.0 Å². The van der Waals surface area contributed by atoms with Gasteiger partial charge in [-0.15, -0.1) is 11.3 Å². The van der Waals surface area contributed by atoms with Gasteiger partial charge in [-0.3, -0.25) is 14.8 Å². The second kappa shape index (κ2) is 19.0. The summed E-state index contributed by atoms with van der Waals surface area (Å²) < 4.78 is 1.05. The molecule has 1 heterocycles. The number of amides is 2. The minimum Gasteiger partial charge on any atom is -0.395 e. The lowest BCUT2D eigenvalue weighted by Crippen LogP contribution is -2.25. The fraction of sp³-hybridized carbons (Fsp3) is 0.360. The highest BCUT2D eigenvalue weighted by molar-refractivity contribution is 7.20. The van der Waals surface area contributed by atoms with Crippen molar-refractivity contribution in [3.8, 4) is 0 Å². The van der Waals surface area contributed by atoms with Crippen molar-refractivity contribution in [2.45, 2.75) is 47.0 Å². The van der Waals surface area contributed by atoms with Crippen molar-refractivity contribution in [3.63, 3.8) is 0 Å². The lowest BCUT2D eigenvalue weighted by atomic mass is 10.2. The third kappa shape index (κ3) is 12.8. The Kier molecular flexibility index (Phi) is 17.4. The highest BCUT2D eigenvalue weighted by atomic mass is 32.1. The molecule has 0 unspecified atom stereocenters. The Morgan fingerprint density at radius 3 is 2.47 bits per heavy atom. The molecule has 0 aliphatic carbocycles. The number of carbonyl (C=O) groups excluding carboxylic acids is 2. The van der Waals surface area contributed by atoms with Gasteiger partial charge in [0.25, 0.3) is 5.91 Å². The number of benzene rings is 1. The molecular formula is C25H36N2O4S. The van der Waals surface area contributed by atoms with Gasteiger partial charge < -0.3 is 10.4 Å². The van der Waals surface area contributed by atoms with Crippen LogP contribution in [-0.2, 0) is 4.79 Å². The van der Waals surface area contributed by atoms with E-state index in [0.29, 0.717) is 17.8 Å². The van der Waals surface area contributed by atoms with Crippen LogP contribution in [0.15, 0.2) is 60.7 Å². The average Bonchev–Trinajstić information content (AvgIpc) is 3.24. The molecule has 0 bridgehead atoms. The van der Waals surface area contributed by atoms with E-state index in [-0.39, 0.29) is 12.5 Å². The van der Waals surface area contributed by atoms with Crippen LogP contribution in [-0.4, -0.2) is 35.3 Å². The van der Waals surface area contributed by atoms with Crippen LogP contribution in [0.2, 0.25) is 0 Å². The van der Waals surface area contributed by atoms with Gasteiger partial charge in [0.05, 0.1) is 11.5 Å². The fourth-order valence-electron chi connectivity index (χ4n) is 2.41. The maximum Gasteiger partial charge on any atom is 0.284 e. The number of hydrogen-bond acceptors (Lipinski definition) is 5. The first-order chi connectivity index (χ1) is 15.5. The lowest BCUT2D eigenvalue weighted by molar-refractivity contribution is -0.121. The maximum absolute atomic E-state index is 11.1. The molecule has 0 aliphatic rings. The van der Waals surface area contributed by atoms with Crippen LogP contribution in [0, 0.1) is 6.92 Å². The molecule has 0 saturated carbocycles. The van der Waals surface area contributed by atoms with E-state index in [4.69, 9.17) is 10.3 Å². The van der Waals surface area contributed by atoms with Crippen LogP contribution in [0.4, 0.5) is 0 Å². The largest absolute Gasteiger partial charge is 0.395 e. The molecule has 4 N–H and O–H groups in total. The molecule has 1 aromatic heterocycles. The monoisotopic (exact) mass is 460 g/mol. The van der Waals surface area contributed by atoms with E-state index in [1.807, 2.05) is 82.4 Å². The molecular weight excluding hydrogens is 424 g/mol. The number of hydrogen-bond donors (Lipinski definition) is 4. The fourth-order valence-corrected chi connectivity index (χ4v) is 3.34. The Morgan fingerprint density at radius 2 is 1.81 bits per heavy atom. The zero-order valence-electron chi connectivity index (χ0n) is 19.4. The van der Waals surface area contributed by atoms with Gasteiger partial charge in [0.1, 0.15) is 0 Å². The van der Waals surface area contributed by atoms with Crippen LogP contribution >= 0.6 is 11.3 Å². The molecule has 2 aromatic rings. The molecule has 0 saturated heterocycles. The predicted molar refractivity (Wildman–Crippen MR) is 134 cm³/mol. The third-order valence-electron chi connectivity index (χ3n) is 3.87. The Labute approximate surface area is 195 Å². The number of nitrogens with one attached hydrogen (secondary N) is 2. The Morgan fingerprint density at radius 1 is 1.09 bits per heavy atom. The smallest absolute Gasteiger partial charge is 0.284 e. The van der Waals surface area contributed by atoms with Crippen molar-refractivity contribution >= 4 is 33.2 Å². The van der Waals surface area contributed by atoms with Crippen LogP contribution in [0.1, 0.15) is 55.3 Å². The van der Waals surface area contributed by atoms with Crippen LogP contribution < -0.4 is 10.8 Å². The van der Waals surface area contributed by atoms with Crippen molar-refractivity contribution in [2.75, 3.05) is 13.2 Å². The van der Waals surface area contributed by atoms with Gasteiger partial charge in [-0.25, -0.2) is 5.48 Å². The summed E-state index contributed by atoms with van der Waals surface area (Å²) >= 11 is 1.37. The first-order valence-corrected chi connectivity index (χ1v) is 11.6. The molecule has 2 rings (SSSR count). The number of unbranched alkanes of at least 4 members (excludes halogenated alkanes) is 1. The number of carbonyl (C=O) groups is 2. The van der Waals surface area contributed by atoms with Crippen molar-refractivity contribution in [1.82, 2.24) is 10.8 Å². The number of thiophene rings is 1. The number of rotatable bonds is 9. The number of aliphatic hydroxyl groups is 1. The number of hydroxylamine groups is 1. The minimum absolute atomic E-state index is 0.00137. The molecule has 0 fully saturated rings. The Balaban J connectivity index is 0.000000559. The number of fused-ring (bicyclic) bond motifs is 1. The van der Waals surface area contributed by atoms with Gasteiger partial charge in [0.15, 0.2) is 0 Å². The summed E-state index contributed by atoms with van der Waals surface area (Å²) in [7, 11) is 0. The van der Waals surface area contributed by atoms with Gasteiger partial charge in [0, 0.05) is 17.7 Å².